The Labute approximate surface area is 174 Å². The SMILES string of the molecule is Cc1ccc([C@@H]2SC(N)=C(C#N)[C@@H](c3ccc(C)cc3)[C@]2(C#N)C(N)=S)cc1. The van der Waals surface area contributed by atoms with Gasteiger partial charge in [0.1, 0.15) is 5.41 Å². The lowest BCUT2D eigenvalue weighted by molar-refractivity contribution is 0.462. The van der Waals surface area contributed by atoms with Gasteiger partial charge in [0.05, 0.1) is 33.0 Å². The summed E-state index contributed by atoms with van der Waals surface area (Å²) < 4.78 is 0. The lowest BCUT2D eigenvalue weighted by atomic mass is 9.65. The number of rotatable bonds is 3. The fourth-order valence-electron chi connectivity index (χ4n) is 3.63. The number of thiocarbonyl (C=S) groups is 1. The van der Waals surface area contributed by atoms with Gasteiger partial charge in [-0.05, 0) is 25.0 Å². The monoisotopic (exact) mass is 404 g/mol. The lowest BCUT2D eigenvalue weighted by Gasteiger charge is -2.44. The van der Waals surface area contributed by atoms with E-state index in [-0.39, 0.29) is 4.99 Å². The van der Waals surface area contributed by atoms with Crippen molar-refractivity contribution in [3.8, 4) is 12.1 Å². The van der Waals surface area contributed by atoms with Crippen LogP contribution in [0.3, 0.4) is 0 Å². The number of allylic oxidation sites excluding steroid dienone is 1. The van der Waals surface area contributed by atoms with Crippen molar-refractivity contribution in [2.75, 3.05) is 0 Å². The van der Waals surface area contributed by atoms with E-state index in [9.17, 15) is 10.5 Å². The van der Waals surface area contributed by atoms with Crippen LogP contribution in [0.15, 0.2) is 59.1 Å². The summed E-state index contributed by atoms with van der Waals surface area (Å²) >= 11 is 6.73. The van der Waals surface area contributed by atoms with Crippen LogP contribution in [0, 0.1) is 41.9 Å². The van der Waals surface area contributed by atoms with Crippen LogP contribution in [0.5, 0.6) is 0 Å². The first-order valence-electron chi connectivity index (χ1n) is 8.75. The number of thioether (sulfide) groups is 1. The Kier molecular flexibility index (Phi) is 5.47. The normalized spacial score (nSPS) is 24.3. The number of aryl methyl sites for hydroxylation is 2. The molecule has 1 aliphatic rings. The van der Waals surface area contributed by atoms with Crippen LogP contribution in [-0.2, 0) is 0 Å². The summed E-state index contributed by atoms with van der Waals surface area (Å²) in [7, 11) is 0. The van der Waals surface area contributed by atoms with Crippen molar-refractivity contribution < 1.29 is 0 Å². The molecule has 0 unspecified atom stereocenters. The van der Waals surface area contributed by atoms with Gasteiger partial charge in [-0.1, -0.05) is 83.6 Å². The molecule has 0 saturated heterocycles. The third kappa shape index (κ3) is 3.16. The molecule has 0 aromatic heterocycles. The Balaban J connectivity index is 2.32. The molecule has 3 rings (SSSR count). The van der Waals surface area contributed by atoms with Gasteiger partial charge in [-0.25, -0.2) is 0 Å². The summed E-state index contributed by atoms with van der Waals surface area (Å²) in [5, 5.41) is 20.2. The molecule has 2 aromatic rings. The summed E-state index contributed by atoms with van der Waals surface area (Å²) in [6.07, 6.45) is 0. The highest BCUT2D eigenvalue weighted by atomic mass is 32.2. The van der Waals surface area contributed by atoms with Crippen molar-refractivity contribution in [3.05, 3.63) is 81.4 Å². The van der Waals surface area contributed by atoms with Crippen LogP contribution >= 0.6 is 24.0 Å². The van der Waals surface area contributed by atoms with E-state index in [0.717, 1.165) is 22.3 Å². The van der Waals surface area contributed by atoms with Crippen LogP contribution in [0.1, 0.15) is 33.4 Å². The fourth-order valence-corrected chi connectivity index (χ4v) is 5.33. The maximum atomic E-state index is 10.4. The molecule has 28 heavy (non-hydrogen) atoms. The van der Waals surface area contributed by atoms with E-state index in [1.165, 1.54) is 11.8 Å². The molecule has 4 N–H and O–H groups in total. The molecule has 0 amide bonds. The summed E-state index contributed by atoms with van der Waals surface area (Å²) in [6.45, 7) is 3.98. The van der Waals surface area contributed by atoms with Crippen molar-refractivity contribution in [3.63, 3.8) is 0 Å². The quantitative estimate of drug-likeness (QED) is 0.737. The van der Waals surface area contributed by atoms with Crippen LogP contribution in [-0.4, -0.2) is 4.99 Å². The van der Waals surface area contributed by atoms with Crippen molar-refractivity contribution in [2.24, 2.45) is 16.9 Å². The van der Waals surface area contributed by atoms with Gasteiger partial charge in [0.15, 0.2) is 0 Å². The topological polar surface area (TPSA) is 99.6 Å². The minimum absolute atomic E-state index is 0.0684. The highest BCUT2D eigenvalue weighted by Gasteiger charge is 2.55. The zero-order valence-electron chi connectivity index (χ0n) is 15.6. The van der Waals surface area contributed by atoms with E-state index >= 15 is 0 Å². The minimum Gasteiger partial charge on any atom is -0.393 e. The molecule has 0 radical (unpaired) electrons. The maximum Gasteiger partial charge on any atom is 0.135 e. The van der Waals surface area contributed by atoms with Crippen molar-refractivity contribution >= 4 is 29.0 Å². The van der Waals surface area contributed by atoms with Gasteiger partial charge < -0.3 is 11.5 Å². The first-order valence-corrected chi connectivity index (χ1v) is 10.0. The van der Waals surface area contributed by atoms with Crippen LogP contribution in [0.4, 0.5) is 0 Å². The van der Waals surface area contributed by atoms with Crippen LogP contribution in [0.25, 0.3) is 0 Å². The van der Waals surface area contributed by atoms with E-state index < -0.39 is 16.6 Å². The second-order valence-corrected chi connectivity index (χ2v) is 8.57. The molecule has 140 valence electrons. The molecular weight excluding hydrogens is 384 g/mol. The second-order valence-electron chi connectivity index (χ2n) is 6.99. The van der Waals surface area contributed by atoms with Crippen molar-refractivity contribution in [1.82, 2.24) is 0 Å². The average molecular weight is 405 g/mol. The zero-order chi connectivity index (χ0) is 20.5. The molecule has 0 fully saturated rings. The summed E-state index contributed by atoms with van der Waals surface area (Å²) in [5.74, 6) is -0.631. The molecule has 3 atom stereocenters. The molecule has 1 aliphatic heterocycles. The smallest absolute Gasteiger partial charge is 0.135 e. The zero-order valence-corrected chi connectivity index (χ0v) is 17.3. The van der Waals surface area contributed by atoms with Crippen LogP contribution < -0.4 is 11.5 Å². The maximum absolute atomic E-state index is 10.4. The summed E-state index contributed by atoms with van der Waals surface area (Å²) in [5.41, 5.74) is 15.5. The van der Waals surface area contributed by atoms with E-state index in [0.29, 0.717) is 10.6 Å². The highest BCUT2D eigenvalue weighted by molar-refractivity contribution is 8.03. The second kappa shape index (κ2) is 7.67. The van der Waals surface area contributed by atoms with E-state index in [1.807, 2.05) is 62.4 Å². The van der Waals surface area contributed by atoms with Crippen molar-refractivity contribution in [1.29, 1.82) is 10.5 Å². The highest BCUT2D eigenvalue weighted by Crippen LogP contribution is 2.60. The number of nitrogens with zero attached hydrogens (tertiary/aromatic N) is 2. The van der Waals surface area contributed by atoms with Gasteiger partial charge in [-0.15, -0.1) is 0 Å². The molecule has 0 spiro atoms. The van der Waals surface area contributed by atoms with Gasteiger partial charge in [0.25, 0.3) is 0 Å². The molecule has 2 aromatic carbocycles. The first-order chi connectivity index (χ1) is 13.3. The largest absolute Gasteiger partial charge is 0.393 e. The number of benzene rings is 2. The van der Waals surface area contributed by atoms with Crippen LogP contribution in [0.2, 0.25) is 0 Å². The number of hydrogen-bond acceptors (Lipinski definition) is 5. The third-order valence-corrected chi connectivity index (χ3v) is 6.86. The van der Waals surface area contributed by atoms with Gasteiger partial charge in [0, 0.05) is 5.92 Å². The number of nitriles is 2. The predicted octanol–water partition coefficient (Wildman–Crippen LogP) is 4.37. The molecule has 0 saturated carbocycles. The van der Waals surface area contributed by atoms with Gasteiger partial charge in [0.2, 0.25) is 0 Å². The molecule has 6 heteroatoms. The predicted molar refractivity (Wildman–Crippen MR) is 117 cm³/mol. The summed E-state index contributed by atoms with van der Waals surface area (Å²) in [6, 6.07) is 20.2. The lowest BCUT2D eigenvalue weighted by Crippen LogP contribution is -2.47. The molecule has 1 heterocycles. The fraction of sp³-hybridized carbons (Fsp3) is 0.227. The van der Waals surface area contributed by atoms with Gasteiger partial charge >= 0.3 is 0 Å². The Morgan fingerprint density at radius 1 is 1.00 bits per heavy atom. The van der Waals surface area contributed by atoms with Gasteiger partial charge in [-0.3, -0.25) is 0 Å². The summed E-state index contributed by atoms with van der Waals surface area (Å²) in [4.78, 5) is 0.0684. The molecular formula is C22H20N4S2. The molecule has 4 nitrogen and oxygen atoms in total. The average Bonchev–Trinajstić information content (AvgIpc) is 2.68. The Morgan fingerprint density at radius 3 is 1.93 bits per heavy atom. The Hall–Kier alpha value is -2.80. The first kappa shape index (κ1) is 19.9. The number of hydrogen-bond donors (Lipinski definition) is 2. The third-order valence-electron chi connectivity index (χ3n) is 5.17. The molecule has 0 aliphatic carbocycles. The van der Waals surface area contributed by atoms with Gasteiger partial charge in [-0.2, -0.15) is 10.5 Å². The van der Waals surface area contributed by atoms with E-state index in [4.69, 9.17) is 23.7 Å². The standard InChI is InChI=1S/C22H20N4S2/c1-13-3-7-15(8-4-13)18-17(11-23)20(25)28-19(22(18,12-24)21(26)27)16-9-5-14(2)6-10-16/h3-10,18-19H,25H2,1-2H3,(H2,26,27)/t18-,19+,22+/m1/s1. The number of nitrogens with two attached hydrogens (primary N) is 2. The molecule has 0 bridgehead atoms. The van der Waals surface area contributed by atoms with Crippen molar-refractivity contribution in [2.45, 2.75) is 25.0 Å². The Morgan fingerprint density at radius 2 is 1.50 bits per heavy atom. The van der Waals surface area contributed by atoms with E-state index in [2.05, 4.69) is 12.1 Å². The Bertz CT molecular complexity index is 1030. The van der Waals surface area contributed by atoms with E-state index in [1.54, 1.807) is 0 Å². The minimum atomic E-state index is -1.28.